The van der Waals surface area contributed by atoms with Gasteiger partial charge in [0.1, 0.15) is 41.0 Å². The van der Waals surface area contributed by atoms with E-state index in [1.165, 1.54) is 61.5 Å². The average Bonchev–Trinajstić information content (AvgIpc) is 2.96. The third kappa shape index (κ3) is 4.21. The van der Waals surface area contributed by atoms with Crippen LogP contribution in [0, 0.1) is 6.92 Å². The second-order valence-corrected chi connectivity index (χ2v) is 10.6. The van der Waals surface area contributed by atoms with Crippen molar-refractivity contribution in [1.82, 2.24) is 0 Å². The first-order chi connectivity index (χ1) is 20.0. The number of aliphatic hydroxyl groups is 2. The standard InChI is InChI=1S/C31H28O11/c1-12-26(38)17-11-22(37)29(13-2-6-18(33)20(35)8-13)42-31(17)25(27(12)39)24-16-5-4-15(32)10-23(16)41-30(28(24)40)14-3-7-19(34)21(36)9-14/h2-10,22,24,28-30,32-40H,11H2,1H3/t22-,24-,28-,29+,30+/m0/s1. The minimum absolute atomic E-state index is 0.00394. The Balaban J connectivity index is 1.56. The number of phenolic OH excluding ortho intramolecular Hbond substituents is 7. The van der Waals surface area contributed by atoms with Crippen LogP contribution in [-0.2, 0) is 6.42 Å². The van der Waals surface area contributed by atoms with Gasteiger partial charge in [0.05, 0.1) is 6.10 Å². The van der Waals surface area contributed by atoms with E-state index >= 15 is 0 Å². The van der Waals surface area contributed by atoms with E-state index < -0.39 is 41.8 Å². The summed E-state index contributed by atoms with van der Waals surface area (Å²) in [7, 11) is 0. The van der Waals surface area contributed by atoms with E-state index in [1.54, 1.807) is 0 Å². The molecule has 42 heavy (non-hydrogen) atoms. The van der Waals surface area contributed by atoms with Crippen LogP contribution in [0.3, 0.4) is 0 Å². The van der Waals surface area contributed by atoms with Crippen molar-refractivity contribution >= 4 is 0 Å². The zero-order valence-corrected chi connectivity index (χ0v) is 22.1. The number of hydrogen-bond donors (Lipinski definition) is 9. The topological polar surface area (TPSA) is 201 Å². The predicted molar refractivity (Wildman–Crippen MR) is 146 cm³/mol. The van der Waals surface area contributed by atoms with Crippen LogP contribution in [0.2, 0.25) is 0 Å². The molecule has 0 bridgehead atoms. The van der Waals surface area contributed by atoms with Crippen LogP contribution in [0.15, 0.2) is 54.6 Å². The maximum atomic E-state index is 11.8. The summed E-state index contributed by atoms with van der Waals surface area (Å²) in [6, 6.07) is 12.1. The van der Waals surface area contributed by atoms with Crippen LogP contribution in [0.25, 0.3) is 0 Å². The van der Waals surface area contributed by atoms with E-state index in [-0.39, 0.29) is 68.9 Å². The largest absolute Gasteiger partial charge is 0.508 e. The molecular weight excluding hydrogens is 548 g/mol. The molecule has 4 aromatic rings. The molecule has 9 N–H and O–H groups in total. The number of benzene rings is 4. The fourth-order valence-electron chi connectivity index (χ4n) is 5.82. The van der Waals surface area contributed by atoms with E-state index in [9.17, 15) is 46.0 Å². The predicted octanol–water partition coefficient (Wildman–Crippen LogP) is 3.60. The van der Waals surface area contributed by atoms with Gasteiger partial charge in [-0.2, -0.15) is 0 Å². The number of rotatable bonds is 3. The molecule has 0 aromatic heterocycles. The fraction of sp³-hybridized carbons (Fsp3) is 0.226. The SMILES string of the molecule is Cc1c(O)c2c(c([C@@H]3c4ccc(O)cc4O[C@H](c4ccc(O)c(O)c4)[C@H]3O)c1O)O[C@H](c1ccc(O)c(O)c1)[C@@H](O)C2. The quantitative estimate of drug-likeness (QED) is 0.161. The lowest BCUT2D eigenvalue weighted by atomic mass is 9.77. The van der Waals surface area contributed by atoms with Gasteiger partial charge in [0.15, 0.2) is 29.1 Å². The smallest absolute Gasteiger partial charge is 0.157 e. The van der Waals surface area contributed by atoms with Crippen molar-refractivity contribution in [2.24, 2.45) is 0 Å². The van der Waals surface area contributed by atoms with Gasteiger partial charge in [0, 0.05) is 40.7 Å². The molecule has 5 atom stereocenters. The Bertz CT molecular complexity index is 1720. The molecule has 218 valence electrons. The van der Waals surface area contributed by atoms with Gasteiger partial charge in [-0.25, -0.2) is 0 Å². The zero-order valence-electron chi connectivity index (χ0n) is 22.1. The highest BCUT2D eigenvalue weighted by molar-refractivity contribution is 5.67. The number of phenols is 7. The van der Waals surface area contributed by atoms with E-state index in [2.05, 4.69) is 0 Å². The molecule has 4 aromatic carbocycles. The molecule has 0 aliphatic carbocycles. The number of aliphatic hydroxyl groups excluding tert-OH is 2. The van der Waals surface area contributed by atoms with Crippen LogP contribution < -0.4 is 9.47 Å². The van der Waals surface area contributed by atoms with E-state index in [0.717, 1.165) is 0 Å². The van der Waals surface area contributed by atoms with Gasteiger partial charge in [-0.05, 0) is 48.4 Å². The Morgan fingerprint density at radius 3 is 1.90 bits per heavy atom. The minimum Gasteiger partial charge on any atom is -0.508 e. The lowest BCUT2D eigenvalue weighted by molar-refractivity contribution is 0.00181. The highest BCUT2D eigenvalue weighted by atomic mass is 16.5. The Kier molecular flexibility index (Phi) is 6.36. The summed E-state index contributed by atoms with van der Waals surface area (Å²) >= 11 is 0. The summed E-state index contributed by atoms with van der Waals surface area (Å²) in [5.74, 6) is -3.35. The molecule has 2 heterocycles. The van der Waals surface area contributed by atoms with Crippen molar-refractivity contribution in [3.63, 3.8) is 0 Å². The first kappa shape index (κ1) is 27.2. The maximum Gasteiger partial charge on any atom is 0.157 e. The van der Waals surface area contributed by atoms with Gasteiger partial charge in [-0.3, -0.25) is 0 Å². The first-order valence-corrected chi connectivity index (χ1v) is 13.1. The molecule has 2 aliphatic rings. The van der Waals surface area contributed by atoms with Gasteiger partial charge in [0.25, 0.3) is 0 Å². The van der Waals surface area contributed by atoms with Crippen molar-refractivity contribution < 1.29 is 55.4 Å². The first-order valence-electron chi connectivity index (χ1n) is 13.1. The minimum atomic E-state index is -1.43. The van der Waals surface area contributed by atoms with Crippen molar-refractivity contribution in [3.8, 4) is 51.7 Å². The molecule has 6 rings (SSSR count). The Labute approximate surface area is 239 Å². The third-order valence-electron chi connectivity index (χ3n) is 7.98. The Morgan fingerprint density at radius 2 is 1.29 bits per heavy atom. The maximum absolute atomic E-state index is 11.8. The number of fused-ring (bicyclic) bond motifs is 2. The summed E-state index contributed by atoms with van der Waals surface area (Å²) in [6.45, 7) is 1.48. The van der Waals surface area contributed by atoms with Crippen molar-refractivity contribution in [2.45, 2.75) is 43.7 Å². The van der Waals surface area contributed by atoms with Gasteiger partial charge in [-0.1, -0.05) is 18.2 Å². The van der Waals surface area contributed by atoms with Crippen molar-refractivity contribution in [3.05, 3.63) is 88.0 Å². The number of ether oxygens (including phenoxy) is 2. The van der Waals surface area contributed by atoms with Crippen LogP contribution >= 0.6 is 0 Å². The summed E-state index contributed by atoms with van der Waals surface area (Å²) in [5.41, 5.74) is 1.31. The molecular formula is C31H28O11. The van der Waals surface area contributed by atoms with Crippen LogP contribution in [0.4, 0.5) is 0 Å². The molecule has 2 aliphatic heterocycles. The van der Waals surface area contributed by atoms with Crippen LogP contribution in [-0.4, -0.2) is 58.2 Å². The number of aromatic hydroxyl groups is 7. The zero-order chi connectivity index (χ0) is 30.0. The second-order valence-electron chi connectivity index (χ2n) is 10.6. The fourth-order valence-corrected chi connectivity index (χ4v) is 5.82. The highest BCUT2D eigenvalue weighted by Crippen LogP contribution is 2.56. The highest BCUT2D eigenvalue weighted by Gasteiger charge is 2.45. The third-order valence-corrected chi connectivity index (χ3v) is 7.98. The Hall–Kier alpha value is -5.00. The van der Waals surface area contributed by atoms with Gasteiger partial charge >= 0.3 is 0 Å². The molecule has 11 nitrogen and oxygen atoms in total. The molecule has 0 unspecified atom stereocenters. The molecule has 0 fully saturated rings. The molecule has 0 saturated carbocycles. The Morgan fingerprint density at radius 1 is 0.667 bits per heavy atom. The molecule has 0 saturated heterocycles. The van der Waals surface area contributed by atoms with Crippen LogP contribution in [0.1, 0.15) is 51.5 Å². The molecule has 0 radical (unpaired) electrons. The lowest BCUT2D eigenvalue weighted by Gasteiger charge is -2.40. The van der Waals surface area contributed by atoms with Gasteiger partial charge in [-0.15, -0.1) is 0 Å². The van der Waals surface area contributed by atoms with Crippen molar-refractivity contribution in [1.29, 1.82) is 0 Å². The number of hydrogen-bond acceptors (Lipinski definition) is 11. The molecule has 0 spiro atoms. The summed E-state index contributed by atoms with van der Waals surface area (Å²) in [4.78, 5) is 0. The summed E-state index contributed by atoms with van der Waals surface area (Å²) in [6.07, 6.45) is -4.99. The molecule has 0 amide bonds. The van der Waals surface area contributed by atoms with Crippen molar-refractivity contribution in [2.75, 3.05) is 0 Å². The summed E-state index contributed by atoms with van der Waals surface area (Å²) < 4.78 is 12.3. The van der Waals surface area contributed by atoms with E-state index in [0.29, 0.717) is 11.1 Å². The summed E-state index contributed by atoms with van der Waals surface area (Å²) in [5, 5.41) is 95.3. The monoisotopic (exact) mass is 576 g/mol. The molecule has 11 heteroatoms. The second kappa shape index (κ2) is 9.82. The van der Waals surface area contributed by atoms with E-state index in [4.69, 9.17) is 9.47 Å². The van der Waals surface area contributed by atoms with Gasteiger partial charge < -0.3 is 55.4 Å². The van der Waals surface area contributed by atoms with E-state index in [1.807, 2.05) is 0 Å². The average molecular weight is 577 g/mol. The van der Waals surface area contributed by atoms with Gasteiger partial charge in [0.2, 0.25) is 0 Å². The van der Waals surface area contributed by atoms with Crippen LogP contribution in [0.5, 0.6) is 51.7 Å². The lowest BCUT2D eigenvalue weighted by Crippen LogP contribution is -2.37. The normalized spacial score (nSPS) is 22.9.